The molecule has 9 heteroatoms. The van der Waals surface area contributed by atoms with E-state index < -0.39 is 17.8 Å². The number of benzene rings is 1. The number of nitrogens with one attached hydrogen (secondary N) is 1. The fraction of sp³-hybridized carbons (Fsp3) is 0.188. The zero-order valence-corrected chi connectivity index (χ0v) is 15.6. The summed E-state index contributed by atoms with van der Waals surface area (Å²) in [5.41, 5.74) is 5.90. The van der Waals surface area contributed by atoms with Crippen molar-refractivity contribution in [2.24, 2.45) is 5.73 Å². The monoisotopic (exact) mass is 400 g/mol. The molecule has 2 rings (SSSR count). The van der Waals surface area contributed by atoms with Gasteiger partial charge in [0, 0.05) is 5.02 Å². The van der Waals surface area contributed by atoms with Crippen LogP contribution in [0.4, 0.5) is 5.00 Å². The van der Waals surface area contributed by atoms with Crippen LogP contribution in [0.15, 0.2) is 18.2 Å². The molecule has 1 aromatic carbocycles. The first-order valence-corrected chi connectivity index (χ1v) is 8.70. The van der Waals surface area contributed by atoms with Crippen molar-refractivity contribution in [3.63, 3.8) is 0 Å². The number of halogens is 2. The lowest BCUT2D eigenvalue weighted by atomic mass is 10.1. The maximum atomic E-state index is 12.5. The highest BCUT2D eigenvalue weighted by atomic mass is 35.5. The minimum Gasteiger partial charge on any atom is -0.462 e. The van der Waals surface area contributed by atoms with E-state index in [1.807, 2.05) is 0 Å². The largest absolute Gasteiger partial charge is 0.462 e. The molecular formula is C16H14Cl2N2O4S. The Morgan fingerprint density at radius 1 is 1.28 bits per heavy atom. The molecule has 0 aliphatic rings. The number of esters is 1. The maximum Gasteiger partial charge on any atom is 0.341 e. The van der Waals surface area contributed by atoms with E-state index in [-0.39, 0.29) is 32.6 Å². The predicted molar refractivity (Wildman–Crippen MR) is 97.9 cm³/mol. The number of hydrogen-bond acceptors (Lipinski definition) is 5. The molecule has 0 saturated carbocycles. The lowest BCUT2D eigenvalue weighted by Gasteiger charge is -2.08. The number of anilines is 1. The van der Waals surface area contributed by atoms with Crippen LogP contribution in [0.5, 0.6) is 0 Å². The summed E-state index contributed by atoms with van der Waals surface area (Å²) < 4.78 is 4.99. The molecule has 1 aromatic heterocycles. The minimum atomic E-state index is -0.700. The molecule has 3 N–H and O–H groups in total. The molecule has 6 nitrogen and oxygen atoms in total. The maximum absolute atomic E-state index is 12.5. The van der Waals surface area contributed by atoms with Gasteiger partial charge in [-0.3, -0.25) is 9.59 Å². The first-order chi connectivity index (χ1) is 11.8. The molecule has 0 aliphatic heterocycles. The van der Waals surface area contributed by atoms with E-state index in [9.17, 15) is 14.4 Å². The fourth-order valence-electron chi connectivity index (χ4n) is 2.13. The van der Waals surface area contributed by atoms with Crippen LogP contribution in [0.25, 0.3) is 0 Å². The number of rotatable bonds is 5. The molecule has 0 radical (unpaired) electrons. The molecule has 0 bridgehead atoms. The lowest BCUT2D eigenvalue weighted by Crippen LogP contribution is -2.15. The zero-order chi connectivity index (χ0) is 18.7. The normalized spacial score (nSPS) is 10.4. The van der Waals surface area contributed by atoms with Gasteiger partial charge in [0.15, 0.2) is 0 Å². The standard InChI is InChI=1S/C16H14Cl2N2O4S/c1-3-24-16(23)11-7(2)12(13(19)21)25-15(11)20-14(22)9-6-8(17)4-5-10(9)18/h4-6H,3H2,1-2H3,(H2,19,21)(H,20,22). The van der Waals surface area contributed by atoms with Crippen molar-refractivity contribution in [1.82, 2.24) is 0 Å². The number of nitrogens with two attached hydrogens (primary N) is 1. The van der Waals surface area contributed by atoms with Gasteiger partial charge in [0.2, 0.25) is 0 Å². The molecule has 0 fully saturated rings. The van der Waals surface area contributed by atoms with Crippen LogP contribution < -0.4 is 11.1 Å². The molecule has 0 saturated heterocycles. The summed E-state index contributed by atoms with van der Waals surface area (Å²) >= 11 is 12.8. The number of carbonyl (C=O) groups is 3. The van der Waals surface area contributed by atoms with E-state index in [2.05, 4.69) is 5.32 Å². The highest BCUT2D eigenvalue weighted by Gasteiger charge is 2.26. The molecule has 0 unspecified atom stereocenters. The quantitative estimate of drug-likeness (QED) is 0.743. The number of carbonyl (C=O) groups excluding carboxylic acids is 3. The van der Waals surface area contributed by atoms with Crippen LogP contribution in [-0.4, -0.2) is 24.4 Å². The van der Waals surface area contributed by atoms with Crippen LogP contribution in [0.3, 0.4) is 0 Å². The van der Waals surface area contributed by atoms with Crippen LogP contribution in [0.1, 0.15) is 42.9 Å². The number of amides is 2. The Labute approximate surface area is 157 Å². The van der Waals surface area contributed by atoms with E-state index in [0.717, 1.165) is 11.3 Å². The van der Waals surface area contributed by atoms with E-state index in [4.69, 9.17) is 33.7 Å². The van der Waals surface area contributed by atoms with Gasteiger partial charge < -0.3 is 15.8 Å². The molecule has 0 spiro atoms. The number of thiophene rings is 1. The molecule has 2 amide bonds. The van der Waals surface area contributed by atoms with Gasteiger partial charge in [-0.05, 0) is 37.6 Å². The molecule has 0 aliphatic carbocycles. The van der Waals surface area contributed by atoms with Crippen LogP contribution in [-0.2, 0) is 4.74 Å². The summed E-state index contributed by atoms with van der Waals surface area (Å²) in [5.74, 6) is -1.93. The Hall–Kier alpha value is -2.09. The van der Waals surface area contributed by atoms with Crippen molar-refractivity contribution in [2.75, 3.05) is 11.9 Å². The summed E-state index contributed by atoms with van der Waals surface area (Å²) in [5, 5.41) is 3.27. The first-order valence-electron chi connectivity index (χ1n) is 7.13. The topological polar surface area (TPSA) is 98.5 Å². The number of ether oxygens (including phenoxy) is 1. The van der Waals surface area contributed by atoms with Crippen molar-refractivity contribution in [3.05, 3.63) is 49.8 Å². The van der Waals surface area contributed by atoms with Gasteiger partial charge in [-0.2, -0.15) is 0 Å². The summed E-state index contributed by atoms with van der Waals surface area (Å²) in [7, 11) is 0. The summed E-state index contributed by atoms with van der Waals surface area (Å²) in [4.78, 5) is 36.4. The molecule has 132 valence electrons. The summed E-state index contributed by atoms with van der Waals surface area (Å²) in [6.45, 7) is 3.36. The molecule has 2 aromatic rings. The second kappa shape index (κ2) is 7.86. The van der Waals surface area contributed by atoms with Crippen molar-refractivity contribution in [2.45, 2.75) is 13.8 Å². The van der Waals surface area contributed by atoms with Gasteiger partial charge in [-0.25, -0.2) is 4.79 Å². The Balaban J connectivity index is 2.46. The van der Waals surface area contributed by atoms with Crippen LogP contribution in [0, 0.1) is 6.92 Å². The summed E-state index contributed by atoms with van der Waals surface area (Å²) in [6.07, 6.45) is 0. The van der Waals surface area contributed by atoms with Crippen molar-refractivity contribution < 1.29 is 19.1 Å². The first kappa shape index (κ1) is 19.2. The van der Waals surface area contributed by atoms with E-state index in [1.54, 1.807) is 19.9 Å². The molecule has 25 heavy (non-hydrogen) atoms. The highest BCUT2D eigenvalue weighted by molar-refractivity contribution is 7.18. The Kier molecular flexibility index (Phi) is 6.05. The van der Waals surface area contributed by atoms with Gasteiger partial charge in [-0.15, -0.1) is 11.3 Å². The van der Waals surface area contributed by atoms with Gasteiger partial charge >= 0.3 is 5.97 Å². The van der Waals surface area contributed by atoms with E-state index in [1.165, 1.54) is 12.1 Å². The Morgan fingerprint density at radius 2 is 1.96 bits per heavy atom. The second-order valence-corrected chi connectivity index (χ2v) is 6.79. The van der Waals surface area contributed by atoms with Crippen LogP contribution in [0.2, 0.25) is 10.0 Å². The minimum absolute atomic E-state index is 0.0900. The Morgan fingerprint density at radius 3 is 2.56 bits per heavy atom. The van der Waals surface area contributed by atoms with Gasteiger partial charge in [-0.1, -0.05) is 23.2 Å². The van der Waals surface area contributed by atoms with Gasteiger partial charge in [0.1, 0.15) is 5.00 Å². The van der Waals surface area contributed by atoms with E-state index >= 15 is 0 Å². The van der Waals surface area contributed by atoms with Crippen LogP contribution >= 0.6 is 34.5 Å². The third-order valence-corrected chi connectivity index (χ3v) is 5.04. The van der Waals surface area contributed by atoms with E-state index in [0.29, 0.717) is 10.6 Å². The van der Waals surface area contributed by atoms with Gasteiger partial charge in [0.25, 0.3) is 11.8 Å². The zero-order valence-electron chi connectivity index (χ0n) is 13.3. The third kappa shape index (κ3) is 4.12. The lowest BCUT2D eigenvalue weighted by molar-refractivity contribution is 0.0527. The highest BCUT2D eigenvalue weighted by Crippen LogP contribution is 2.34. The predicted octanol–water partition coefficient (Wildman–Crippen LogP) is 3.89. The van der Waals surface area contributed by atoms with Gasteiger partial charge in [0.05, 0.1) is 27.6 Å². The molecule has 0 atom stereocenters. The van der Waals surface area contributed by atoms with Crippen molar-refractivity contribution in [1.29, 1.82) is 0 Å². The Bertz CT molecular complexity index is 864. The molecule has 1 heterocycles. The number of primary amides is 1. The summed E-state index contributed by atoms with van der Waals surface area (Å²) in [6, 6.07) is 4.43. The smallest absolute Gasteiger partial charge is 0.341 e. The average molecular weight is 401 g/mol. The second-order valence-electron chi connectivity index (χ2n) is 4.92. The SMILES string of the molecule is CCOC(=O)c1c(NC(=O)c2cc(Cl)ccc2Cl)sc(C(N)=O)c1C. The van der Waals surface area contributed by atoms with Crippen molar-refractivity contribution in [3.8, 4) is 0 Å². The average Bonchev–Trinajstić information content (AvgIpc) is 2.86. The molecular weight excluding hydrogens is 387 g/mol. The number of hydrogen-bond donors (Lipinski definition) is 2. The fourth-order valence-corrected chi connectivity index (χ4v) is 3.55. The van der Waals surface area contributed by atoms with Crippen molar-refractivity contribution >= 4 is 57.3 Å². The third-order valence-electron chi connectivity index (χ3n) is 3.25.